The number of fused-ring (bicyclic) bond motifs is 1. The van der Waals surface area contributed by atoms with Crippen LogP contribution in [0, 0.1) is 6.92 Å². The molecule has 0 spiro atoms. The van der Waals surface area contributed by atoms with Gasteiger partial charge in [0.1, 0.15) is 28.2 Å². The van der Waals surface area contributed by atoms with E-state index in [-0.39, 0.29) is 34.1 Å². The minimum atomic E-state index is -1.01. The van der Waals surface area contributed by atoms with Crippen LogP contribution in [0.1, 0.15) is 58.9 Å². The van der Waals surface area contributed by atoms with Crippen molar-refractivity contribution in [3.63, 3.8) is 0 Å². The number of aryl methyl sites for hydroxylation is 1. The Morgan fingerprint density at radius 2 is 1.97 bits per heavy atom. The smallest absolute Gasteiger partial charge is 0.350 e. The van der Waals surface area contributed by atoms with Crippen LogP contribution in [-0.4, -0.2) is 47.1 Å². The molecule has 3 heterocycles. The van der Waals surface area contributed by atoms with Crippen LogP contribution in [0.25, 0.3) is 5.76 Å². The van der Waals surface area contributed by atoms with Crippen LogP contribution in [0.15, 0.2) is 48.0 Å². The van der Waals surface area contributed by atoms with Crippen LogP contribution >= 0.6 is 11.3 Å². The van der Waals surface area contributed by atoms with E-state index in [1.807, 2.05) is 13.8 Å². The fourth-order valence-corrected chi connectivity index (χ4v) is 5.87. The van der Waals surface area contributed by atoms with Gasteiger partial charge >= 0.3 is 11.9 Å². The number of ether oxygens (including phenoxy) is 3. The number of benzene rings is 2. The van der Waals surface area contributed by atoms with Gasteiger partial charge in [-0.25, -0.2) is 9.78 Å². The minimum absolute atomic E-state index is 0.00557. The maximum Gasteiger partial charge on any atom is 0.350 e. The molecule has 39 heavy (non-hydrogen) atoms. The van der Waals surface area contributed by atoms with Gasteiger partial charge in [0.2, 0.25) is 0 Å². The lowest BCUT2D eigenvalue weighted by Gasteiger charge is -2.23. The first-order chi connectivity index (χ1) is 18.7. The Bertz CT molecular complexity index is 1510. The van der Waals surface area contributed by atoms with Crippen molar-refractivity contribution in [3.05, 3.63) is 75.3 Å². The maximum absolute atomic E-state index is 13.5. The number of amides is 1. The average Bonchev–Trinajstić information content (AvgIpc) is 3.56. The number of nitrogens with zero attached hydrogens (tertiary/aromatic N) is 2. The number of aromatic nitrogens is 1. The molecule has 0 saturated carbocycles. The zero-order chi connectivity index (χ0) is 27.8. The Hall–Kier alpha value is -4.18. The van der Waals surface area contributed by atoms with Gasteiger partial charge in [-0.1, -0.05) is 23.5 Å². The van der Waals surface area contributed by atoms with Gasteiger partial charge < -0.3 is 19.3 Å². The molecule has 9 nitrogen and oxygen atoms in total. The largest absolute Gasteiger partial charge is 0.507 e. The number of anilines is 1. The van der Waals surface area contributed by atoms with Gasteiger partial charge in [0.05, 0.1) is 30.5 Å². The molecule has 2 unspecified atom stereocenters. The number of carbonyl (C=O) groups excluding carboxylic acids is 3. The predicted molar refractivity (Wildman–Crippen MR) is 145 cm³/mol. The summed E-state index contributed by atoms with van der Waals surface area (Å²) in [6.07, 6.45) is 0.672. The fraction of sp³-hybridized carbons (Fsp3) is 0.310. The Morgan fingerprint density at radius 1 is 1.18 bits per heavy atom. The second kappa shape index (κ2) is 10.5. The van der Waals surface area contributed by atoms with Gasteiger partial charge in [0.25, 0.3) is 5.78 Å². The summed E-state index contributed by atoms with van der Waals surface area (Å²) in [4.78, 5) is 45.5. The minimum Gasteiger partial charge on any atom is -0.507 e. The first-order valence-electron chi connectivity index (χ1n) is 12.7. The molecule has 0 bridgehead atoms. The summed E-state index contributed by atoms with van der Waals surface area (Å²) in [5.74, 6) is -1.29. The number of aliphatic hydroxyl groups excluding tert-OH is 1. The molecule has 1 aromatic heterocycles. The van der Waals surface area contributed by atoms with Gasteiger partial charge in [0, 0.05) is 12.0 Å². The Kier molecular flexibility index (Phi) is 7.14. The van der Waals surface area contributed by atoms with Crippen molar-refractivity contribution in [1.29, 1.82) is 0 Å². The number of rotatable bonds is 7. The monoisotopic (exact) mass is 548 g/mol. The molecule has 1 saturated heterocycles. The highest BCUT2D eigenvalue weighted by atomic mass is 32.1. The van der Waals surface area contributed by atoms with Gasteiger partial charge in [-0.2, -0.15) is 0 Å². The van der Waals surface area contributed by atoms with Crippen molar-refractivity contribution < 1.29 is 33.7 Å². The van der Waals surface area contributed by atoms with E-state index < -0.39 is 23.7 Å². The molecule has 2 atom stereocenters. The van der Waals surface area contributed by atoms with Gasteiger partial charge in [-0.3, -0.25) is 14.5 Å². The van der Waals surface area contributed by atoms with Crippen LogP contribution in [0.5, 0.6) is 11.5 Å². The third-order valence-corrected chi connectivity index (χ3v) is 7.69. The Labute approximate surface area is 229 Å². The molecule has 5 rings (SSSR count). The molecule has 2 aromatic carbocycles. The number of ketones is 1. The molecular formula is C29H28N2O7S. The first kappa shape index (κ1) is 26.4. The molecule has 0 radical (unpaired) electrons. The Morgan fingerprint density at radius 3 is 2.72 bits per heavy atom. The third kappa shape index (κ3) is 4.76. The van der Waals surface area contributed by atoms with Crippen molar-refractivity contribution in [2.45, 2.75) is 46.3 Å². The molecule has 0 aliphatic carbocycles. The molecule has 1 fully saturated rings. The molecule has 2 aliphatic heterocycles. The van der Waals surface area contributed by atoms with Crippen molar-refractivity contribution in [2.24, 2.45) is 0 Å². The number of esters is 1. The number of thiazole rings is 1. The van der Waals surface area contributed by atoms with E-state index >= 15 is 0 Å². The lowest BCUT2D eigenvalue weighted by Crippen LogP contribution is -2.29. The summed E-state index contributed by atoms with van der Waals surface area (Å²) in [5, 5.41) is 11.7. The van der Waals surface area contributed by atoms with Gasteiger partial charge in [0.15, 0.2) is 5.13 Å². The fourth-order valence-electron chi connectivity index (χ4n) is 4.88. The third-order valence-electron chi connectivity index (χ3n) is 6.55. The standard InChI is InChI=1S/C29H28N2O7S/c1-5-36-20-9-7-8-17(14-20)23-22(24(32)18-10-11-21-19(13-18)12-15(3)38-21)25(33)27(34)31(23)29-30-16(4)26(39-29)28(35)37-6-2/h7-11,13-15,23,32H,5-6,12H2,1-4H3/b24-22+. The molecular weight excluding hydrogens is 520 g/mol. The van der Waals surface area contributed by atoms with E-state index in [1.165, 1.54) is 4.90 Å². The Balaban J connectivity index is 1.67. The summed E-state index contributed by atoms with van der Waals surface area (Å²) in [7, 11) is 0. The van der Waals surface area contributed by atoms with E-state index in [2.05, 4.69) is 4.98 Å². The topological polar surface area (TPSA) is 115 Å². The zero-order valence-corrected chi connectivity index (χ0v) is 22.8. The molecule has 1 N–H and O–H groups in total. The summed E-state index contributed by atoms with van der Waals surface area (Å²) < 4.78 is 16.6. The van der Waals surface area contributed by atoms with Crippen molar-refractivity contribution >= 4 is 39.9 Å². The summed E-state index contributed by atoms with van der Waals surface area (Å²) in [6, 6.07) is 11.2. The van der Waals surface area contributed by atoms with Crippen LogP contribution in [0.2, 0.25) is 0 Å². The highest BCUT2D eigenvalue weighted by molar-refractivity contribution is 7.17. The van der Waals surface area contributed by atoms with E-state index in [1.54, 1.807) is 56.3 Å². The van der Waals surface area contributed by atoms with Crippen molar-refractivity contribution in [3.8, 4) is 11.5 Å². The summed E-state index contributed by atoms with van der Waals surface area (Å²) in [6.45, 7) is 7.76. The quantitative estimate of drug-likeness (QED) is 0.190. The van der Waals surface area contributed by atoms with Crippen LogP contribution < -0.4 is 14.4 Å². The van der Waals surface area contributed by atoms with Crippen LogP contribution in [-0.2, 0) is 20.7 Å². The number of hydrogen-bond acceptors (Lipinski definition) is 9. The number of Topliss-reactive ketones (excluding diaryl/α,β-unsaturated/α-hetero) is 1. The SMILES string of the molecule is CCOC(=O)c1sc(N2C(=O)C(=O)/C(=C(/O)c3ccc4c(c3)CC(C)O4)C2c2cccc(OCC)c2)nc1C. The predicted octanol–water partition coefficient (Wildman–Crippen LogP) is 4.98. The highest BCUT2D eigenvalue weighted by Gasteiger charge is 2.48. The second-order valence-corrected chi connectivity index (χ2v) is 10.2. The lowest BCUT2D eigenvalue weighted by atomic mass is 9.94. The number of hydrogen-bond donors (Lipinski definition) is 1. The summed E-state index contributed by atoms with van der Waals surface area (Å²) >= 11 is 0.965. The number of aliphatic hydroxyl groups is 1. The van der Waals surface area contributed by atoms with E-state index in [9.17, 15) is 19.5 Å². The van der Waals surface area contributed by atoms with Gasteiger partial charge in [-0.05, 0) is 69.2 Å². The average molecular weight is 549 g/mol. The molecule has 3 aromatic rings. The zero-order valence-electron chi connectivity index (χ0n) is 22.0. The molecule has 202 valence electrons. The normalized spacial score (nSPS) is 19.6. The summed E-state index contributed by atoms with van der Waals surface area (Å²) in [5.41, 5.74) is 2.16. The van der Waals surface area contributed by atoms with Crippen LogP contribution in [0.4, 0.5) is 5.13 Å². The lowest BCUT2D eigenvalue weighted by molar-refractivity contribution is -0.132. The van der Waals surface area contributed by atoms with Crippen molar-refractivity contribution in [1.82, 2.24) is 4.98 Å². The first-order valence-corrected chi connectivity index (χ1v) is 13.5. The highest BCUT2D eigenvalue weighted by Crippen LogP contribution is 2.45. The van der Waals surface area contributed by atoms with E-state index in [0.29, 0.717) is 35.6 Å². The molecule has 10 heteroatoms. The maximum atomic E-state index is 13.5. The number of carbonyl (C=O) groups is 3. The van der Waals surface area contributed by atoms with E-state index in [4.69, 9.17) is 14.2 Å². The molecule has 2 aliphatic rings. The second-order valence-electron chi connectivity index (χ2n) is 9.26. The molecule has 1 amide bonds. The van der Waals surface area contributed by atoms with Crippen molar-refractivity contribution in [2.75, 3.05) is 18.1 Å². The van der Waals surface area contributed by atoms with Crippen LogP contribution in [0.3, 0.4) is 0 Å². The van der Waals surface area contributed by atoms with Gasteiger partial charge in [-0.15, -0.1) is 0 Å². The van der Waals surface area contributed by atoms with E-state index in [0.717, 1.165) is 22.6 Å².